The Bertz CT molecular complexity index is 752. The lowest BCUT2D eigenvalue weighted by molar-refractivity contribution is -0.129. The molecular formula is C20H26N4O3. The minimum atomic E-state index is -0.339. The summed E-state index contributed by atoms with van der Waals surface area (Å²) in [6, 6.07) is 11.6. The fourth-order valence-electron chi connectivity index (χ4n) is 3.49. The van der Waals surface area contributed by atoms with E-state index in [9.17, 15) is 9.59 Å². The first kappa shape index (κ1) is 19.0. The van der Waals surface area contributed by atoms with Crippen LogP contribution in [0.2, 0.25) is 0 Å². The highest BCUT2D eigenvalue weighted by atomic mass is 16.5. The van der Waals surface area contributed by atoms with Crippen LogP contribution in [0.15, 0.2) is 48.8 Å². The maximum Gasteiger partial charge on any atom is 0.321 e. The Labute approximate surface area is 158 Å². The predicted molar refractivity (Wildman–Crippen MR) is 103 cm³/mol. The molecule has 7 nitrogen and oxygen atoms in total. The number of amides is 3. The minimum Gasteiger partial charge on any atom is -0.325 e. The number of urea groups is 1. The van der Waals surface area contributed by atoms with E-state index in [0.717, 1.165) is 50.1 Å². The van der Waals surface area contributed by atoms with E-state index < -0.39 is 0 Å². The Morgan fingerprint density at radius 1 is 1.11 bits per heavy atom. The lowest BCUT2D eigenvalue weighted by Crippen LogP contribution is -2.41. The Morgan fingerprint density at radius 2 is 1.85 bits per heavy atom. The number of nitrogens with one attached hydrogen (secondary N) is 2. The zero-order valence-electron chi connectivity index (χ0n) is 15.3. The number of benzene rings is 1. The number of hydrogen-bond acceptors (Lipinski definition) is 3. The van der Waals surface area contributed by atoms with Crippen LogP contribution in [-0.4, -0.2) is 39.7 Å². The van der Waals surface area contributed by atoms with Crippen LogP contribution in [0.3, 0.4) is 0 Å². The minimum absolute atomic E-state index is 0.0715. The van der Waals surface area contributed by atoms with Crippen molar-refractivity contribution in [1.29, 1.82) is 0 Å². The van der Waals surface area contributed by atoms with E-state index in [2.05, 4.69) is 5.32 Å². The molecule has 0 radical (unpaired) electrons. The number of hydrogen-bond donors (Lipinski definition) is 3. The summed E-state index contributed by atoms with van der Waals surface area (Å²) in [7, 11) is 0. The molecule has 0 aliphatic carbocycles. The number of rotatable bonds is 6. The molecule has 1 fully saturated rings. The second-order valence-electron chi connectivity index (χ2n) is 6.93. The Morgan fingerprint density at radius 3 is 2.56 bits per heavy atom. The Balaban J connectivity index is 1.46. The molecule has 1 aromatic carbocycles. The van der Waals surface area contributed by atoms with Crippen LogP contribution >= 0.6 is 0 Å². The Kier molecular flexibility index (Phi) is 6.49. The zero-order chi connectivity index (χ0) is 19.1. The van der Waals surface area contributed by atoms with Gasteiger partial charge in [0.25, 0.3) is 0 Å². The molecule has 1 aromatic heterocycles. The van der Waals surface area contributed by atoms with Gasteiger partial charge in [0, 0.05) is 43.3 Å². The molecule has 2 heterocycles. The van der Waals surface area contributed by atoms with Crippen molar-refractivity contribution in [2.45, 2.75) is 32.1 Å². The molecule has 0 saturated carbocycles. The highest BCUT2D eigenvalue weighted by Gasteiger charge is 2.22. The molecule has 1 saturated heterocycles. The molecule has 27 heavy (non-hydrogen) atoms. The molecule has 0 unspecified atom stereocenters. The number of nitrogens with zero attached hydrogens (tertiary/aromatic N) is 2. The Hall–Kier alpha value is -2.80. The van der Waals surface area contributed by atoms with Crippen molar-refractivity contribution >= 4 is 17.6 Å². The van der Waals surface area contributed by atoms with Gasteiger partial charge in [0.2, 0.25) is 5.91 Å². The van der Waals surface area contributed by atoms with Gasteiger partial charge in [-0.3, -0.25) is 10.0 Å². The molecular weight excluding hydrogens is 344 g/mol. The molecule has 3 N–H and O–H groups in total. The summed E-state index contributed by atoms with van der Waals surface area (Å²) >= 11 is 0. The molecule has 1 aliphatic rings. The number of carbonyl (C=O) groups is 2. The first-order valence-electron chi connectivity index (χ1n) is 9.38. The van der Waals surface area contributed by atoms with Crippen LogP contribution in [0.1, 0.15) is 32.1 Å². The monoisotopic (exact) mass is 370 g/mol. The summed E-state index contributed by atoms with van der Waals surface area (Å²) in [5, 5.41) is 11.5. The number of aromatic nitrogens is 1. The molecule has 1 aliphatic heterocycles. The molecule has 0 atom stereocenters. The highest BCUT2D eigenvalue weighted by Crippen LogP contribution is 2.23. The average molecular weight is 370 g/mol. The van der Waals surface area contributed by atoms with Crippen LogP contribution in [0, 0.1) is 5.92 Å². The number of carbonyl (C=O) groups excluding carboxylic acids is 2. The standard InChI is InChI=1S/C20H26N4O3/c25-19(22-27)8-3-5-16-9-13-24(14-10-16)20(26)21-17-6-4-7-18(15-17)23-11-1-2-12-23/h1-2,4,6-7,11-12,15-16,27H,3,5,8-10,13-14H2,(H,21,26)(H,22,25). The van der Waals surface area contributed by atoms with Gasteiger partial charge >= 0.3 is 6.03 Å². The van der Waals surface area contributed by atoms with Crippen molar-refractivity contribution in [1.82, 2.24) is 14.9 Å². The molecule has 144 valence electrons. The van der Waals surface area contributed by atoms with Gasteiger partial charge < -0.3 is 14.8 Å². The van der Waals surface area contributed by atoms with Crippen LogP contribution in [0.4, 0.5) is 10.5 Å². The maximum atomic E-state index is 12.5. The van der Waals surface area contributed by atoms with Crippen LogP contribution in [0.25, 0.3) is 5.69 Å². The number of piperidine rings is 1. The van der Waals surface area contributed by atoms with Gasteiger partial charge in [-0.15, -0.1) is 0 Å². The topological polar surface area (TPSA) is 86.6 Å². The lowest BCUT2D eigenvalue weighted by Gasteiger charge is -2.32. The fraction of sp³-hybridized carbons (Fsp3) is 0.400. The molecule has 2 aromatic rings. The van der Waals surface area contributed by atoms with Gasteiger partial charge in [-0.25, -0.2) is 10.3 Å². The zero-order valence-corrected chi connectivity index (χ0v) is 15.3. The predicted octanol–water partition coefficient (Wildman–Crippen LogP) is 3.40. The van der Waals surface area contributed by atoms with Crippen molar-refractivity contribution in [3.63, 3.8) is 0 Å². The van der Waals surface area contributed by atoms with E-state index in [4.69, 9.17) is 5.21 Å². The van der Waals surface area contributed by atoms with Crippen molar-refractivity contribution in [3.8, 4) is 5.69 Å². The third-order valence-electron chi connectivity index (χ3n) is 5.04. The summed E-state index contributed by atoms with van der Waals surface area (Å²) in [5.41, 5.74) is 3.44. The summed E-state index contributed by atoms with van der Waals surface area (Å²) in [6.07, 6.45) is 7.87. The summed E-state index contributed by atoms with van der Waals surface area (Å²) in [4.78, 5) is 25.4. The highest BCUT2D eigenvalue weighted by molar-refractivity contribution is 5.89. The number of likely N-dealkylation sites (tertiary alicyclic amines) is 1. The molecule has 3 amide bonds. The largest absolute Gasteiger partial charge is 0.325 e. The van der Waals surface area contributed by atoms with Gasteiger partial charge in [0.05, 0.1) is 0 Å². The molecule has 7 heteroatoms. The first-order valence-corrected chi connectivity index (χ1v) is 9.38. The SMILES string of the molecule is O=C(CCCC1CCN(C(=O)Nc2cccc(-n3cccc3)c2)CC1)NO. The smallest absolute Gasteiger partial charge is 0.321 e. The fourth-order valence-corrected chi connectivity index (χ4v) is 3.49. The van der Waals surface area contributed by atoms with E-state index >= 15 is 0 Å². The first-order chi connectivity index (χ1) is 13.2. The van der Waals surface area contributed by atoms with Crippen LogP contribution in [0.5, 0.6) is 0 Å². The number of anilines is 1. The van der Waals surface area contributed by atoms with Gasteiger partial charge in [-0.05, 0) is 61.9 Å². The summed E-state index contributed by atoms with van der Waals surface area (Å²) in [5.74, 6) is 0.187. The van der Waals surface area contributed by atoms with E-state index in [1.54, 1.807) is 5.48 Å². The second-order valence-corrected chi connectivity index (χ2v) is 6.93. The summed E-state index contributed by atoms with van der Waals surface area (Å²) < 4.78 is 2.00. The van der Waals surface area contributed by atoms with E-state index in [1.807, 2.05) is 58.3 Å². The van der Waals surface area contributed by atoms with E-state index in [1.165, 1.54) is 0 Å². The van der Waals surface area contributed by atoms with Crippen LogP contribution < -0.4 is 10.8 Å². The van der Waals surface area contributed by atoms with Crippen molar-refractivity contribution in [3.05, 3.63) is 48.8 Å². The second kappa shape index (κ2) is 9.23. The van der Waals surface area contributed by atoms with Crippen LogP contribution in [-0.2, 0) is 4.79 Å². The van der Waals surface area contributed by atoms with Gasteiger partial charge in [-0.1, -0.05) is 6.07 Å². The third kappa shape index (κ3) is 5.34. The number of hydroxylamine groups is 1. The molecule has 3 rings (SSSR count). The van der Waals surface area contributed by atoms with Crippen molar-refractivity contribution in [2.75, 3.05) is 18.4 Å². The van der Waals surface area contributed by atoms with Crippen molar-refractivity contribution < 1.29 is 14.8 Å². The van der Waals surface area contributed by atoms with E-state index in [0.29, 0.717) is 12.3 Å². The average Bonchev–Trinajstić information content (AvgIpc) is 3.23. The quantitative estimate of drug-likeness (QED) is 0.538. The van der Waals surface area contributed by atoms with E-state index in [-0.39, 0.29) is 11.9 Å². The lowest BCUT2D eigenvalue weighted by atomic mass is 9.91. The molecule has 0 bridgehead atoms. The van der Waals surface area contributed by atoms with Crippen molar-refractivity contribution in [2.24, 2.45) is 5.92 Å². The third-order valence-corrected chi connectivity index (χ3v) is 5.04. The van der Waals surface area contributed by atoms with Gasteiger partial charge in [0.1, 0.15) is 0 Å². The maximum absolute atomic E-state index is 12.5. The normalized spacial score (nSPS) is 14.8. The van der Waals surface area contributed by atoms with Gasteiger partial charge in [-0.2, -0.15) is 0 Å². The summed E-state index contributed by atoms with van der Waals surface area (Å²) in [6.45, 7) is 1.44. The molecule has 0 spiro atoms. The van der Waals surface area contributed by atoms with Gasteiger partial charge in [0.15, 0.2) is 0 Å².